The van der Waals surface area contributed by atoms with Crippen LogP contribution in [0.2, 0.25) is 0 Å². The zero-order valence-electron chi connectivity index (χ0n) is 16.0. The van der Waals surface area contributed by atoms with Gasteiger partial charge in [-0.25, -0.2) is 4.39 Å². The van der Waals surface area contributed by atoms with Gasteiger partial charge in [-0.15, -0.1) is 0 Å². The molecule has 0 radical (unpaired) electrons. The summed E-state index contributed by atoms with van der Waals surface area (Å²) in [6.07, 6.45) is 1.49. The molecule has 0 spiro atoms. The van der Waals surface area contributed by atoms with E-state index in [-0.39, 0.29) is 23.7 Å². The smallest absolute Gasteiger partial charge is 0.274 e. The topological polar surface area (TPSA) is 80.3 Å². The molecule has 1 aromatic heterocycles. The maximum atomic E-state index is 13.7. The van der Waals surface area contributed by atoms with E-state index < -0.39 is 17.6 Å². The Morgan fingerprint density at radius 3 is 2.52 bits per heavy atom. The fraction of sp³-hybridized carbons (Fsp3) is 0.136. The van der Waals surface area contributed by atoms with Gasteiger partial charge in [0.1, 0.15) is 17.3 Å². The number of aromatic nitrogens is 1. The number of aryl methyl sites for hydroxylation is 2. The van der Waals surface area contributed by atoms with Gasteiger partial charge in [-0.2, -0.15) is 0 Å². The van der Waals surface area contributed by atoms with Crippen LogP contribution in [-0.4, -0.2) is 23.4 Å². The van der Waals surface area contributed by atoms with Crippen LogP contribution in [0.15, 0.2) is 60.8 Å². The van der Waals surface area contributed by atoms with Crippen LogP contribution in [0.5, 0.6) is 5.75 Å². The molecule has 0 aliphatic heterocycles. The minimum Gasteiger partial charge on any atom is -0.484 e. The average Bonchev–Trinajstić information content (AvgIpc) is 2.71. The number of carbonyl (C=O) groups is 2. The van der Waals surface area contributed by atoms with Crippen LogP contribution in [-0.2, 0) is 4.79 Å². The molecule has 0 aliphatic rings. The molecule has 2 amide bonds. The summed E-state index contributed by atoms with van der Waals surface area (Å²) in [5, 5.41) is 5.19. The SMILES string of the molecule is Cc1ccc(OCC(=O)Nc2cc(F)ccc2NC(=O)c2ccccn2)cc1C. The van der Waals surface area contributed by atoms with Gasteiger partial charge in [0.2, 0.25) is 0 Å². The number of carbonyl (C=O) groups excluding carboxylic acids is 2. The highest BCUT2D eigenvalue weighted by molar-refractivity contribution is 6.06. The van der Waals surface area contributed by atoms with Crippen molar-refractivity contribution in [1.29, 1.82) is 0 Å². The normalized spacial score (nSPS) is 10.3. The summed E-state index contributed by atoms with van der Waals surface area (Å²) in [6, 6.07) is 14.1. The molecule has 2 aromatic carbocycles. The van der Waals surface area contributed by atoms with Gasteiger partial charge < -0.3 is 15.4 Å². The first-order chi connectivity index (χ1) is 13.9. The molecular formula is C22H20FN3O3. The molecule has 7 heteroatoms. The van der Waals surface area contributed by atoms with Gasteiger partial charge in [0, 0.05) is 6.20 Å². The monoisotopic (exact) mass is 393 g/mol. The van der Waals surface area contributed by atoms with Crippen molar-refractivity contribution >= 4 is 23.2 Å². The van der Waals surface area contributed by atoms with E-state index in [1.54, 1.807) is 24.3 Å². The van der Waals surface area contributed by atoms with Crippen molar-refractivity contribution < 1.29 is 18.7 Å². The second-order valence-electron chi connectivity index (χ2n) is 6.44. The highest BCUT2D eigenvalue weighted by Gasteiger charge is 2.13. The minimum absolute atomic E-state index is 0.128. The van der Waals surface area contributed by atoms with Crippen LogP contribution in [0.25, 0.3) is 0 Å². The molecular weight excluding hydrogens is 373 g/mol. The van der Waals surface area contributed by atoms with Crippen LogP contribution in [0.1, 0.15) is 21.6 Å². The number of ether oxygens (including phenoxy) is 1. The highest BCUT2D eigenvalue weighted by Crippen LogP contribution is 2.23. The summed E-state index contributed by atoms with van der Waals surface area (Å²) < 4.78 is 19.2. The maximum absolute atomic E-state index is 13.7. The predicted molar refractivity (Wildman–Crippen MR) is 109 cm³/mol. The Morgan fingerprint density at radius 2 is 1.79 bits per heavy atom. The summed E-state index contributed by atoms with van der Waals surface area (Å²) >= 11 is 0. The minimum atomic E-state index is -0.550. The highest BCUT2D eigenvalue weighted by atomic mass is 19.1. The molecule has 0 saturated carbocycles. The predicted octanol–water partition coefficient (Wildman–Crippen LogP) is 4.11. The molecule has 2 N–H and O–H groups in total. The Balaban J connectivity index is 1.67. The lowest BCUT2D eigenvalue weighted by atomic mass is 10.1. The number of pyridine rings is 1. The first kappa shape index (κ1) is 20.0. The van der Waals surface area contributed by atoms with Crippen LogP contribution >= 0.6 is 0 Å². The Labute approximate surface area is 167 Å². The first-order valence-electron chi connectivity index (χ1n) is 8.94. The Morgan fingerprint density at radius 1 is 0.966 bits per heavy atom. The molecule has 6 nitrogen and oxygen atoms in total. The lowest BCUT2D eigenvalue weighted by Gasteiger charge is -2.13. The lowest BCUT2D eigenvalue weighted by Crippen LogP contribution is -2.22. The molecule has 3 aromatic rings. The fourth-order valence-electron chi connectivity index (χ4n) is 2.55. The van der Waals surface area contributed by atoms with Crippen molar-refractivity contribution in [3.8, 4) is 5.75 Å². The summed E-state index contributed by atoms with van der Waals surface area (Å²) in [7, 11) is 0. The largest absolute Gasteiger partial charge is 0.484 e. The Hall–Kier alpha value is -3.74. The van der Waals surface area contributed by atoms with E-state index in [4.69, 9.17) is 4.74 Å². The number of benzene rings is 2. The number of amides is 2. The third-order valence-electron chi connectivity index (χ3n) is 4.25. The van der Waals surface area contributed by atoms with Gasteiger partial charge >= 0.3 is 0 Å². The standard InChI is InChI=1S/C22H20FN3O3/c1-14-6-8-17(11-15(14)2)29-13-21(27)25-20-12-16(23)7-9-18(20)26-22(28)19-5-3-4-10-24-19/h3-12H,13H2,1-2H3,(H,25,27)(H,26,28). The zero-order valence-corrected chi connectivity index (χ0v) is 16.0. The second-order valence-corrected chi connectivity index (χ2v) is 6.44. The lowest BCUT2D eigenvalue weighted by molar-refractivity contribution is -0.118. The van der Waals surface area contributed by atoms with Gasteiger partial charge in [-0.05, 0) is 67.4 Å². The number of hydrogen-bond acceptors (Lipinski definition) is 4. The molecule has 3 rings (SSSR count). The van der Waals surface area contributed by atoms with Crippen molar-refractivity contribution in [3.05, 3.63) is 83.4 Å². The molecule has 148 valence electrons. The third kappa shape index (κ3) is 5.38. The molecule has 0 unspecified atom stereocenters. The van der Waals surface area contributed by atoms with Crippen molar-refractivity contribution in [1.82, 2.24) is 4.98 Å². The maximum Gasteiger partial charge on any atom is 0.274 e. The number of hydrogen-bond donors (Lipinski definition) is 2. The van der Waals surface area contributed by atoms with Crippen LogP contribution in [0.3, 0.4) is 0 Å². The molecule has 0 fully saturated rings. The third-order valence-corrected chi connectivity index (χ3v) is 4.25. The number of nitrogens with zero attached hydrogens (tertiary/aromatic N) is 1. The van der Waals surface area contributed by atoms with Crippen molar-refractivity contribution in [2.45, 2.75) is 13.8 Å². The van der Waals surface area contributed by atoms with Crippen molar-refractivity contribution in [2.75, 3.05) is 17.2 Å². The van der Waals surface area contributed by atoms with Crippen LogP contribution in [0, 0.1) is 19.7 Å². The van der Waals surface area contributed by atoms with E-state index in [2.05, 4.69) is 15.6 Å². The number of rotatable bonds is 6. The number of halogens is 1. The van der Waals surface area contributed by atoms with E-state index in [1.165, 1.54) is 18.3 Å². The van der Waals surface area contributed by atoms with Crippen LogP contribution in [0.4, 0.5) is 15.8 Å². The van der Waals surface area contributed by atoms with Crippen molar-refractivity contribution in [3.63, 3.8) is 0 Å². The first-order valence-corrected chi connectivity index (χ1v) is 8.94. The molecule has 29 heavy (non-hydrogen) atoms. The molecule has 0 aliphatic carbocycles. The van der Waals surface area contributed by atoms with Gasteiger partial charge in [-0.1, -0.05) is 12.1 Å². The molecule has 0 saturated heterocycles. The summed E-state index contributed by atoms with van der Waals surface area (Å²) in [5.74, 6) is -0.946. The summed E-state index contributed by atoms with van der Waals surface area (Å²) in [5.41, 5.74) is 2.75. The number of anilines is 2. The van der Waals surface area contributed by atoms with Gasteiger partial charge in [0.05, 0.1) is 11.4 Å². The molecule has 0 atom stereocenters. The van der Waals surface area contributed by atoms with Gasteiger partial charge in [-0.3, -0.25) is 14.6 Å². The quantitative estimate of drug-likeness (QED) is 0.661. The summed E-state index contributed by atoms with van der Waals surface area (Å²) in [6.45, 7) is 3.68. The number of nitrogens with one attached hydrogen (secondary N) is 2. The van der Waals surface area contributed by atoms with Gasteiger partial charge in [0.15, 0.2) is 6.61 Å². The zero-order chi connectivity index (χ0) is 20.8. The molecule has 0 bridgehead atoms. The second kappa shape index (κ2) is 8.97. The summed E-state index contributed by atoms with van der Waals surface area (Å²) in [4.78, 5) is 28.5. The fourth-order valence-corrected chi connectivity index (χ4v) is 2.55. The molecule has 1 heterocycles. The van der Waals surface area contributed by atoms with E-state index in [1.807, 2.05) is 26.0 Å². The van der Waals surface area contributed by atoms with Crippen LogP contribution < -0.4 is 15.4 Å². The van der Waals surface area contributed by atoms with E-state index in [0.717, 1.165) is 17.2 Å². The van der Waals surface area contributed by atoms with E-state index >= 15 is 0 Å². The Kier molecular flexibility index (Phi) is 6.19. The van der Waals surface area contributed by atoms with Crippen molar-refractivity contribution in [2.24, 2.45) is 0 Å². The van der Waals surface area contributed by atoms with E-state index in [9.17, 15) is 14.0 Å². The van der Waals surface area contributed by atoms with E-state index in [0.29, 0.717) is 5.75 Å². The Bertz CT molecular complexity index is 1040. The average molecular weight is 393 g/mol. The van der Waals surface area contributed by atoms with Gasteiger partial charge in [0.25, 0.3) is 11.8 Å².